The molecule has 1 aliphatic heterocycles. The maximum Gasteiger partial charge on any atom is 0.267 e. The van der Waals surface area contributed by atoms with Gasteiger partial charge in [0, 0.05) is 5.57 Å². The van der Waals surface area contributed by atoms with Crippen LogP contribution in [0.3, 0.4) is 0 Å². The zero-order chi connectivity index (χ0) is 15.8. The summed E-state index contributed by atoms with van der Waals surface area (Å²) in [6.07, 6.45) is 7.59. The summed E-state index contributed by atoms with van der Waals surface area (Å²) in [6, 6.07) is 7.80. The summed E-state index contributed by atoms with van der Waals surface area (Å²) in [5.74, 6) is 0.769. The number of nitrogens with one attached hydrogen (secondary N) is 1. The Hall–Kier alpha value is -1.97. The fourth-order valence-electron chi connectivity index (χ4n) is 2.45. The van der Waals surface area contributed by atoms with Crippen LogP contribution in [0.25, 0.3) is 0 Å². The number of ether oxygens (including phenoxy) is 1. The second-order valence-corrected chi connectivity index (χ2v) is 5.74. The van der Waals surface area contributed by atoms with Gasteiger partial charge in [-0.2, -0.15) is 0 Å². The molecule has 1 fully saturated rings. The van der Waals surface area contributed by atoms with E-state index in [0.717, 1.165) is 24.5 Å². The third kappa shape index (κ3) is 4.79. The first kappa shape index (κ1) is 16.4. The monoisotopic (exact) mass is 302 g/mol. The van der Waals surface area contributed by atoms with Gasteiger partial charge in [-0.05, 0) is 30.7 Å². The van der Waals surface area contributed by atoms with Gasteiger partial charge in [0.2, 0.25) is 0 Å². The van der Waals surface area contributed by atoms with Crippen molar-refractivity contribution in [3.63, 3.8) is 0 Å². The fraction of sp³-hybridized carbons (Fsp3) is 0.500. The molecular weight excluding hydrogens is 276 g/mol. The first-order chi connectivity index (χ1) is 10.7. The van der Waals surface area contributed by atoms with Crippen LogP contribution < -0.4 is 15.2 Å². The number of nitrogens with zero attached hydrogens (tertiary/aromatic N) is 1. The molecule has 0 aliphatic carbocycles. The molecule has 0 radical (unpaired) electrons. The van der Waals surface area contributed by atoms with Crippen molar-refractivity contribution >= 4 is 11.6 Å². The Morgan fingerprint density at radius 3 is 2.45 bits per heavy atom. The summed E-state index contributed by atoms with van der Waals surface area (Å²) in [5, 5.41) is 1.79. The minimum Gasteiger partial charge on any atom is -0.494 e. The normalized spacial score (nSPS) is 14.3. The van der Waals surface area contributed by atoms with Crippen LogP contribution in [0.1, 0.15) is 45.4 Å². The average molecular weight is 302 g/mol. The van der Waals surface area contributed by atoms with E-state index in [1.807, 2.05) is 24.3 Å². The van der Waals surface area contributed by atoms with Crippen LogP contribution >= 0.6 is 0 Å². The minimum absolute atomic E-state index is 0.108. The highest BCUT2D eigenvalue weighted by Crippen LogP contribution is 2.21. The van der Waals surface area contributed by atoms with Gasteiger partial charge < -0.3 is 4.74 Å². The van der Waals surface area contributed by atoms with Crippen molar-refractivity contribution in [2.24, 2.45) is 0 Å². The van der Waals surface area contributed by atoms with Crippen LogP contribution in [-0.2, 0) is 4.79 Å². The zero-order valence-corrected chi connectivity index (χ0v) is 13.4. The number of carbonyl (C=O) groups excluding carboxylic acids is 1. The molecule has 1 aromatic rings. The van der Waals surface area contributed by atoms with Crippen molar-refractivity contribution in [1.82, 2.24) is 5.43 Å². The van der Waals surface area contributed by atoms with Crippen molar-refractivity contribution in [3.8, 4) is 5.75 Å². The van der Waals surface area contributed by atoms with Crippen molar-refractivity contribution in [1.29, 1.82) is 0 Å². The van der Waals surface area contributed by atoms with E-state index in [1.54, 1.807) is 5.01 Å². The zero-order valence-electron chi connectivity index (χ0n) is 13.4. The standard InChI is InChI=1S/C18H26N2O2/c1-3-4-5-6-7-8-13-22-17-11-9-16(10-12-17)20-14-15(2)18(21)19-20/h9-12H,2-8,13-14H2,1H3,(H,19,21). The Morgan fingerprint density at radius 1 is 1.14 bits per heavy atom. The van der Waals surface area contributed by atoms with Gasteiger partial charge in [0.15, 0.2) is 0 Å². The van der Waals surface area contributed by atoms with E-state index >= 15 is 0 Å². The number of hydrogen-bond acceptors (Lipinski definition) is 3. The molecule has 4 nitrogen and oxygen atoms in total. The molecular formula is C18H26N2O2. The predicted molar refractivity (Wildman–Crippen MR) is 89.9 cm³/mol. The van der Waals surface area contributed by atoms with Crippen LogP contribution in [0.5, 0.6) is 5.75 Å². The number of rotatable bonds is 9. The molecule has 2 rings (SSSR count). The number of carbonyl (C=O) groups is 1. The lowest BCUT2D eigenvalue weighted by Gasteiger charge is -2.17. The maximum absolute atomic E-state index is 11.4. The predicted octanol–water partition coefficient (Wildman–Crippen LogP) is 3.83. The van der Waals surface area contributed by atoms with Crippen molar-refractivity contribution in [2.75, 3.05) is 18.2 Å². The molecule has 1 N–H and O–H groups in total. The van der Waals surface area contributed by atoms with Crippen LogP contribution in [0, 0.1) is 0 Å². The van der Waals surface area contributed by atoms with Crippen LogP contribution in [-0.4, -0.2) is 19.1 Å². The topological polar surface area (TPSA) is 41.6 Å². The average Bonchev–Trinajstić information content (AvgIpc) is 2.86. The van der Waals surface area contributed by atoms with Gasteiger partial charge in [0.25, 0.3) is 5.91 Å². The van der Waals surface area contributed by atoms with Gasteiger partial charge in [0.1, 0.15) is 5.75 Å². The highest BCUT2D eigenvalue weighted by Gasteiger charge is 2.22. The summed E-state index contributed by atoms with van der Waals surface area (Å²) in [5.41, 5.74) is 4.30. The molecule has 0 aromatic heterocycles. The van der Waals surface area contributed by atoms with Gasteiger partial charge in [-0.25, -0.2) is 0 Å². The summed E-state index contributed by atoms with van der Waals surface area (Å²) in [6.45, 7) is 7.25. The van der Waals surface area contributed by atoms with Crippen molar-refractivity contribution in [3.05, 3.63) is 36.4 Å². The van der Waals surface area contributed by atoms with Gasteiger partial charge in [-0.15, -0.1) is 0 Å². The van der Waals surface area contributed by atoms with Crippen molar-refractivity contribution < 1.29 is 9.53 Å². The lowest BCUT2D eigenvalue weighted by atomic mass is 10.1. The Balaban J connectivity index is 1.69. The fourth-order valence-corrected chi connectivity index (χ4v) is 2.45. The van der Waals surface area contributed by atoms with Gasteiger partial charge in [0.05, 0.1) is 18.8 Å². The molecule has 0 atom stereocenters. The van der Waals surface area contributed by atoms with Crippen LogP contribution in [0.2, 0.25) is 0 Å². The highest BCUT2D eigenvalue weighted by molar-refractivity contribution is 5.97. The quantitative estimate of drug-likeness (QED) is 0.557. The molecule has 22 heavy (non-hydrogen) atoms. The van der Waals surface area contributed by atoms with Crippen molar-refractivity contribution in [2.45, 2.75) is 45.4 Å². The molecule has 0 unspecified atom stereocenters. The molecule has 0 bridgehead atoms. The third-order valence-electron chi connectivity index (χ3n) is 3.82. The van der Waals surface area contributed by atoms with E-state index in [4.69, 9.17) is 4.74 Å². The summed E-state index contributed by atoms with van der Waals surface area (Å²) in [7, 11) is 0. The summed E-state index contributed by atoms with van der Waals surface area (Å²) < 4.78 is 5.75. The molecule has 1 amide bonds. The summed E-state index contributed by atoms with van der Waals surface area (Å²) in [4.78, 5) is 11.4. The lowest BCUT2D eigenvalue weighted by Crippen LogP contribution is -2.32. The largest absolute Gasteiger partial charge is 0.494 e. The number of unbranched alkanes of at least 4 members (excludes halogenated alkanes) is 5. The Bertz CT molecular complexity index is 480. The number of hydrazine groups is 1. The number of anilines is 1. The van der Waals surface area contributed by atoms with E-state index in [1.165, 1.54) is 32.1 Å². The second-order valence-electron chi connectivity index (χ2n) is 5.74. The molecule has 0 saturated carbocycles. The molecule has 0 spiro atoms. The minimum atomic E-state index is -0.108. The Morgan fingerprint density at radius 2 is 1.82 bits per heavy atom. The van der Waals surface area contributed by atoms with Gasteiger partial charge in [-0.1, -0.05) is 45.6 Å². The number of amides is 1. The first-order valence-corrected chi connectivity index (χ1v) is 8.20. The Kier molecular flexibility index (Phi) is 6.31. The Labute approximate surface area is 133 Å². The van der Waals surface area contributed by atoms with E-state index in [2.05, 4.69) is 18.9 Å². The first-order valence-electron chi connectivity index (χ1n) is 8.20. The van der Waals surface area contributed by atoms with E-state index in [9.17, 15) is 4.79 Å². The smallest absolute Gasteiger partial charge is 0.267 e. The third-order valence-corrected chi connectivity index (χ3v) is 3.82. The summed E-state index contributed by atoms with van der Waals surface area (Å²) >= 11 is 0. The van der Waals surface area contributed by atoms with Gasteiger partial charge >= 0.3 is 0 Å². The number of hydrogen-bond donors (Lipinski definition) is 1. The van der Waals surface area contributed by atoms with Crippen LogP contribution in [0.15, 0.2) is 36.4 Å². The SMILES string of the molecule is C=C1CN(c2ccc(OCCCCCCCC)cc2)NC1=O. The highest BCUT2D eigenvalue weighted by atomic mass is 16.5. The van der Waals surface area contributed by atoms with E-state index < -0.39 is 0 Å². The molecule has 120 valence electrons. The van der Waals surface area contributed by atoms with E-state index in [-0.39, 0.29) is 5.91 Å². The van der Waals surface area contributed by atoms with E-state index in [0.29, 0.717) is 12.1 Å². The molecule has 1 aromatic carbocycles. The lowest BCUT2D eigenvalue weighted by molar-refractivity contribution is -0.116. The molecule has 4 heteroatoms. The molecule has 1 saturated heterocycles. The molecule has 1 heterocycles. The molecule has 1 aliphatic rings. The maximum atomic E-state index is 11.4. The van der Waals surface area contributed by atoms with Gasteiger partial charge in [-0.3, -0.25) is 15.2 Å². The van der Waals surface area contributed by atoms with Crippen LogP contribution in [0.4, 0.5) is 5.69 Å². The number of benzene rings is 1. The second kappa shape index (κ2) is 8.47.